The van der Waals surface area contributed by atoms with Crippen LogP contribution in [0.1, 0.15) is 6.92 Å². The molecule has 0 atom stereocenters. The molecule has 13 heavy (non-hydrogen) atoms. The van der Waals surface area contributed by atoms with Crippen LogP contribution in [0, 0.1) is 0 Å². The molecule has 0 aromatic heterocycles. The third kappa shape index (κ3) is 4.39. The molecule has 0 aromatic rings. The highest BCUT2D eigenvalue weighted by molar-refractivity contribution is 7.97. The second kappa shape index (κ2) is 5.45. The second-order valence-corrected chi connectivity index (χ2v) is 2.96. The van der Waals surface area contributed by atoms with Crippen LogP contribution in [0.4, 0.5) is 0 Å². The van der Waals surface area contributed by atoms with Gasteiger partial charge >= 0.3 is 5.97 Å². The van der Waals surface area contributed by atoms with Crippen LogP contribution in [-0.2, 0) is 4.79 Å². The van der Waals surface area contributed by atoms with Crippen molar-refractivity contribution in [2.24, 2.45) is 5.73 Å². The number of carboxylic acid groups (broad SMARTS) is 1. The Kier molecular flexibility index (Phi) is 4.94. The average Bonchev–Trinajstić information content (AvgIpc) is 2.11. The van der Waals surface area contributed by atoms with Crippen molar-refractivity contribution in [1.29, 1.82) is 0 Å². The van der Waals surface area contributed by atoms with Crippen molar-refractivity contribution in [3.8, 4) is 0 Å². The van der Waals surface area contributed by atoms with Crippen LogP contribution < -0.4 is 5.73 Å². The zero-order valence-corrected chi connectivity index (χ0v) is 8.02. The minimum Gasteiger partial charge on any atom is -0.478 e. The molecule has 0 saturated carbocycles. The monoisotopic (exact) mass is 202 g/mol. The first-order chi connectivity index (χ1) is 5.99. The van der Waals surface area contributed by atoms with Gasteiger partial charge in [0.15, 0.2) is 5.03 Å². The van der Waals surface area contributed by atoms with Gasteiger partial charge in [0, 0.05) is 0 Å². The highest BCUT2D eigenvalue weighted by Crippen LogP contribution is 2.11. The molecule has 0 bridgehead atoms. The molecule has 0 saturated heterocycles. The molecule has 0 amide bonds. The summed E-state index contributed by atoms with van der Waals surface area (Å²) in [5.74, 6) is -1.07. The van der Waals surface area contributed by atoms with Gasteiger partial charge in [-0.15, -0.1) is 0 Å². The lowest BCUT2D eigenvalue weighted by Gasteiger charge is -1.94. The standard InChI is InChI=1S/C8H11NO3S/c1-5(7(9)13-12)3-4-6(2)8(10)11/h3-4,12H,2,9H2,1H3,(H,10,11)/p+1/b4-3-,7-5+. The van der Waals surface area contributed by atoms with Crippen molar-refractivity contribution >= 4 is 18.0 Å². The van der Waals surface area contributed by atoms with E-state index >= 15 is 0 Å². The van der Waals surface area contributed by atoms with Gasteiger partial charge in [-0.05, 0) is 18.6 Å². The van der Waals surface area contributed by atoms with Crippen LogP contribution in [0.5, 0.6) is 0 Å². The van der Waals surface area contributed by atoms with Crippen molar-refractivity contribution in [2.75, 3.05) is 0 Å². The van der Waals surface area contributed by atoms with E-state index in [-0.39, 0.29) is 5.57 Å². The predicted octanol–water partition coefficient (Wildman–Crippen LogP) is 0.746. The number of carbonyl (C=O) groups is 1. The Bertz CT molecular complexity index is 281. The maximum atomic E-state index is 10.3. The molecule has 0 aliphatic rings. The molecule has 5 heteroatoms. The SMILES string of the molecule is C=C(/C=C\C(C)=C(/N)S[OH2+])C(=O)O. The lowest BCUT2D eigenvalue weighted by atomic mass is 10.2. The first kappa shape index (κ1) is 11.8. The lowest BCUT2D eigenvalue weighted by Crippen LogP contribution is -1.97. The number of nitrogens with two attached hydrogens (primary N) is 1. The number of hydrogen-bond acceptors (Lipinski definition) is 3. The fourth-order valence-corrected chi connectivity index (χ4v) is 0.689. The topological polar surface area (TPSA) is 86.2 Å². The maximum absolute atomic E-state index is 10.3. The molecule has 0 heterocycles. The van der Waals surface area contributed by atoms with Gasteiger partial charge in [0.05, 0.1) is 5.57 Å². The Labute approximate surface area is 80.6 Å². The molecule has 0 fully saturated rings. The van der Waals surface area contributed by atoms with Gasteiger partial charge in [-0.1, -0.05) is 12.7 Å². The third-order valence-electron chi connectivity index (χ3n) is 1.31. The normalized spacial score (nSPS) is 12.8. The summed E-state index contributed by atoms with van der Waals surface area (Å²) in [5.41, 5.74) is 6.05. The fourth-order valence-electron chi connectivity index (χ4n) is 0.460. The quantitative estimate of drug-likeness (QED) is 0.305. The van der Waals surface area contributed by atoms with Gasteiger partial charge in [-0.25, -0.2) is 4.79 Å². The Hall–Kier alpha value is -1.20. The molecule has 0 radical (unpaired) electrons. The molecule has 4 nitrogen and oxygen atoms in total. The van der Waals surface area contributed by atoms with Crippen molar-refractivity contribution in [3.05, 3.63) is 34.9 Å². The number of rotatable bonds is 4. The number of aliphatic carboxylic acids is 1. The fraction of sp³-hybridized carbons (Fsp3) is 0.125. The van der Waals surface area contributed by atoms with E-state index in [0.717, 1.165) is 0 Å². The van der Waals surface area contributed by atoms with E-state index in [2.05, 4.69) is 6.58 Å². The van der Waals surface area contributed by atoms with Crippen LogP contribution >= 0.6 is 12.0 Å². The molecule has 5 N–H and O–H groups in total. The summed E-state index contributed by atoms with van der Waals surface area (Å²) in [6, 6.07) is 0. The summed E-state index contributed by atoms with van der Waals surface area (Å²) in [7, 11) is 0. The molecule has 0 aliphatic carbocycles. The second-order valence-electron chi connectivity index (χ2n) is 2.31. The molecule has 0 unspecified atom stereocenters. The summed E-state index contributed by atoms with van der Waals surface area (Å²) in [6.07, 6.45) is 2.87. The van der Waals surface area contributed by atoms with E-state index in [4.69, 9.17) is 15.4 Å². The van der Waals surface area contributed by atoms with Crippen molar-refractivity contribution in [2.45, 2.75) is 6.92 Å². The minimum atomic E-state index is -1.07. The number of allylic oxidation sites excluding steroid dienone is 2. The summed E-state index contributed by atoms with van der Waals surface area (Å²) in [5, 5.41) is 8.79. The maximum Gasteiger partial charge on any atom is 0.335 e. The van der Waals surface area contributed by atoms with E-state index in [9.17, 15) is 4.79 Å². The largest absolute Gasteiger partial charge is 0.478 e. The molecule has 0 aliphatic heterocycles. The summed E-state index contributed by atoms with van der Waals surface area (Å²) in [4.78, 5) is 10.3. The Balaban J connectivity index is 4.45. The lowest BCUT2D eigenvalue weighted by molar-refractivity contribution is -0.132. The predicted molar refractivity (Wildman–Crippen MR) is 54.0 cm³/mol. The van der Waals surface area contributed by atoms with Crippen molar-refractivity contribution < 1.29 is 14.5 Å². The van der Waals surface area contributed by atoms with Crippen LogP contribution in [0.15, 0.2) is 34.9 Å². The molecule has 0 spiro atoms. The first-order valence-corrected chi connectivity index (χ1v) is 4.21. The van der Waals surface area contributed by atoms with Gasteiger partial charge in [-0.2, -0.15) is 0 Å². The Morgan fingerprint density at radius 1 is 1.62 bits per heavy atom. The number of hydrogen-bond donors (Lipinski definition) is 2. The molecular formula is C8H12NO3S+. The van der Waals surface area contributed by atoms with Crippen LogP contribution in [-0.4, -0.2) is 15.6 Å². The van der Waals surface area contributed by atoms with Gasteiger partial charge in [-0.3, -0.25) is 0 Å². The molecule has 0 rings (SSSR count). The molecular weight excluding hydrogens is 190 g/mol. The summed E-state index contributed by atoms with van der Waals surface area (Å²) < 4.78 is 6.87. The van der Waals surface area contributed by atoms with Gasteiger partial charge < -0.3 is 15.4 Å². The zero-order valence-electron chi connectivity index (χ0n) is 7.20. The smallest absolute Gasteiger partial charge is 0.335 e. The van der Waals surface area contributed by atoms with Crippen molar-refractivity contribution in [1.82, 2.24) is 0 Å². The average molecular weight is 202 g/mol. The van der Waals surface area contributed by atoms with Crippen LogP contribution in [0.3, 0.4) is 0 Å². The Morgan fingerprint density at radius 2 is 2.15 bits per heavy atom. The van der Waals surface area contributed by atoms with Crippen LogP contribution in [0.2, 0.25) is 0 Å². The highest BCUT2D eigenvalue weighted by atomic mass is 32.2. The minimum absolute atomic E-state index is 0.0119. The third-order valence-corrected chi connectivity index (χ3v) is 1.85. The molecule has 72 valence electrons. The van der Waals surface area contributed by atoms with E-state index in [0.29, 0.717) is 22.6 Å². The van der Waals surface area contributed by atoms with Crippen LogP contribution in [0.25, 0.3) is 0 Å². The molecule has 0 aromatic carbocycles. The van der Waals surface area contributed by atoms with E-state index in [1.165, 1.54) is 12.2 Å². The van der Waals surface area contributed by atoms with Crippen molar-refractivity contribution in [3.63, 3.8) is 0 Å². The Morgan fingerprint density at radius 3 is 2.54 bits per heavy atom. The van der Waals surface area contributed by atoms with E-state index in [1.807, 2.05) is 0 Å². The highest BCUT2D eigenvalue weighted by Gasteiger charge is 2.00. The zero-order chi connectivity index (χ0) is 10.4. The van der Waals surface area contributed by atoms with E-state index < -0.39 is 5.97 Å². The summed E-state index contributed by atoms with van der Waals surface area (Å²) >= 11 is 0.672. The number of carboxylic acids is 1. The first-order valence-electron chi connectivity index (χ1n) is 3.39. The van der Waals surface area contributed by atoms with E-state index in [1.54, 1.807) is 6.92 Å². The van der Waals surface area contributed by atoms with Gasteiger partial charge in [0.2, 0.25) is 12.0 Å². The summed E-state index contributed by atoms with van der Waals surface area (Å²) in [6.45, 7) is 5.00. The van der Waals surface area contributed by atoms with Gasteiger partial charge in [0.25, 0.3) is 0 Å². The van der Waals surface area contributed by atoms with Gasteiger partial charge in [0.1, 0.15) is 0 Å².